The highest BCUT2D eigenvalue weighted by molar-refractivity contribution is 7.13. The van der Waals surface area contributed by atoms with Crippen molar-refractivity contribution in [3.05, 3.63) is 75.2 Å². The second kappa shape index (κ2) is 8.00. The predicted molar refractivity (Wildman–Crippen MR) is 104 cm³/mol. The van der Waals surface area contributed by atoms with Gasteiger partial charge >= 0.3 is 0 Å². The van der Waals surface area contributed by atoms with Crippen LogP contribution in [0.3, 0.4) is 0 Å². The van der Waals surface area contributed by atoms with E-state index in [0.29, 0.717) is 16.6 Å². The van der Waals surface area contributed by atoms with E-state index >= 15 is 0 Å². The minimum atomic E-state index is 0.00729. The largest absolute Gasteiger partial charge is 0.341 e. The van der Waals surface area contributed by atoms with Crippen LogP contribution in [-0.2, 0) is 17.8 Å². The summed E-state index contributed by atoms with van der Waals surface area (Å²) in [6, 6.07) is 15.1. The second-order valence-corrected chi connectivity index (χ2v) is 7.37. The van der Waals surface area contributed by atoms with Crippen LogP contribution in [0.1, 0.15) is 11.3 Å². The van der Waals surface area contributed by atoms with Gasteiger partial charge in [0.1, 0.15) is 5.01 Å². The lowest BCUT2D eigenvalue weighted by atomic mass is 10.2. The van der Waals surface area contributed by atoms with Crippen molar-refractivity contribution >= 4 is 40.4 Å². The molecule has 0 saturated heterocycles. The predicted octanol–water partition coefficient (Wildman–Crippen LogP) is 5.32. The number of likely N-dealkylation sites (N-methyl/N-ethyl adjacent to an activating group) is 1. The van der Waals surface area contributed by atoms with Gasteiger partial charge in [-0.1, -0.05) is 53.5 Å². The Bertz CT molecular complexity index is 877. The highest BCUT2D eigenvalue weighted by Gasteiger charge is 2.14. The molecular formula is C19H16Cl2N2OS. The number of halogens is 2. The molecule has 0 spiro atoms. The topological polar surface area (TPSA) is 33.2 Å². The zero-order chi connectivity index (χ0) is 17.8. The van der Waals surface area contributed by atoms with E-state index in [1.54, 1.807) is 11.9 Å². The molecule has 0 unspecified atom stereocenters. The summed E-state index contributed by atoms with van der Waals surface area (Å²) in [7, 11) is 1.78. The van der Waals surface area contributed by atoms with Gasteiger partial charge in [0.2, 0.25) is 5.91 Å². The molecule has 128 valence electrons. The average Bonchev–Trinajstić information content (AvgIpc) is 3.06. The number of carbonyl (C=O) groups is 1. The molecule has 0 radical (unpaired) electrons. The lowest BCUT2D eigenvalue weighted by Crippen LogP contribution is -2.27. The Kier molecular flexibility index (Phi) is 5.74. The summed E-state index contributed by atoms with van der Waals surface area (Å²) in [6.45, 7) is 0.479. The maximum Gasteiger partial charge on any atom is 0.228 e. The average molecular weight is 391 g/mol. The van der Waals surface area contributed by atoms with Crippen LogP contribution in [0.5, 0.6) is 0 Å². The number of hydrogen-bond acceptors (Lipinski definition) is 3. The molecule has 1 amide bonds. The van der Waals surface area contributed by atoms with E-state index in [1.807, 2.05) is 53.9 Å². The highest BCUT2D eigenvalue weighted by atomic mass is 35.5. The third-order valence-electron chi connectivity index (χ3n) is 3.77. The SMILES string of the molecule is CN(Cc1ccccc1Cl)C(=O)Cc1csc(-c2ccc(Cl)cc2)n1. The van der Waals surface area contributed by atoms with E-state index in [-0.39, 0.29) is 12.3 Å². The minimum Gasteiger partial charge on any atom is -0.341 e. The molecule has 3 aromatic rings. The van der Waals surface area contributed by atoms with Crippen molar-refractivity contribution in [3.63, 3.8) is 0 Å². The summed E-state index contributed by atoms with van der Waals surface area (Å²) in [4.78, 5) is 18.7. The molecule has 1 heterocycles. The molecule has 3 nitrogen and oxygen atoms in total. The van der Waals surface area contributed by atoms with Crippen LogP contribution in [0, 0.1) is 0 Å². The number of aromatic nitrogens is 1. The summed E-state index contributed by atoms with van der Waals surface area (Å²) in [6.07, 6.45) is 0.269. The monoisotopic (exact) mass is 390 g/mol. The fourth-order valence-electron chi connectivity index (χ4n) is 2.37. The highest BCUT2D eigenvalue weighted by Crippen LogP contribution is 2.25. The van der Waals surface area contributed by atoms with E-state index in [1.165, 1.54) is 11.3 Å². The van der Waals surface area contributed by atoms with Crippen molar-refractivity contribution in [2.24, 2.45) is 0 Å². The first kappa shape index (κ1) is 17.9. The minimum absolute atomic E-state index is 0.00729. The van der Waals surface area contributed by atoms with Crippen molar-refractivity contribution < 1.29 is 4.79 Å². The molecule has 3 rings (SSSR count). The molecule has 2 aromatic carbocycles. The van der Waals surface area contributed by atoms with Gasteiger partial charge in [0.15, 0.2) is 0 Å². The summed E-state index contributed by atoms with van der Waals surface area (Å²) in [5.74, 6) is 0.00729. The van der Waals surface area contributed by atoms with Crippen molar-refractivity contribution in [2.45, 2.75) is 13.0 Å². The fourth-order valence-corrected chi connectivity index (χ4v) is 3.52. The summed E-state index contributed by atoms with van der Waals surface area (Å²) < 4.78 is 0. The number of carbonyl (C=O) groups excluding carboxylic acids is 1. The number of rotatable bonds is 5. The van der Waals surface area contributed by atoms with Crippen molar-refractivity contribution in [1.29, 1.82) is 0 Å². The number of nitrogens with zero attached hydrogens (tertiary/aromatic N) is 2. The van der Waals surface area contributed by atoms with E-state index in [2.05, 4.69) is 4.98 Å². The smallest absolute Gasteiger partial charge is 0.228 e. The van der Waals surface area contributed by atoms with Gasteiger partial charge in [0.05, 0.1) is 12.1 Å². The molecule has 1 aromatic heterocycles. The Morgan fingerprint density at radius 2 is 1.84 bits per heavy atom. The second-order valence-electron chi connectivity index (χ2n) is 5.67. The van der Waals surface area contributed by atoms with Crippen LogP contribution < -0.4 is 0 Å². The zero-order valence-corrected chi connectivity index (χ0v) is 15.9. The van der Waals surface area contributed by atoms with E-state index < -0.39 is 0 Å². The number of hydrogen-bond donors (Lipinski definition) is 0. The first-order chi connectivity index (χ1) is 12.0. The summed E-state index contributed by atoms with van der Waals surface area (Å²) >= 11 is 13.6. The lowest BCUT2D eigenvalue weighted by molar-refractivity contribution is -0.129. The quantitative estimate of drug-likeness (QED) is 0.590. The molecule has 0 fully saturated rings. The third kappa shape index (κ3) is 4.60. The van der Waals surface area contributed by atoms with Crippen LogP contribution >= 0.6 is 34.5 Å². The Balaban J connectivity index is 1.65. The van der Waals surface area contributed by atoms with Gasteiger partial charge in [-0.25, -0.2) is 4.98 Å². The molecule has 0 aliphatic carbocycles. The Morgan fingerprint density at radius 3 is 2.56 bits per heavy atom. The summed E-state index contributed by atoms with van der Waals surface area (Å²) in [5.41, 5.74) is 2.70. The number of benzene rings is 2. The van der Waals surface area contributed by atoms with Gasteiger partial charge in [-0.15, -0.1) is 11.3 Å². The van der Waals surface area contributed by atoms with Gasteiger partial charge in [0.25, 0.3) is 0 Å². The molecule has 0 saturated carbocycles. The van der Waals surface area contributed by atoms with Crippen LogP contribution in [0.4, 0.5) is 0 Å². The normalized spacial score (nSPS) is 10.7. The lowest BCUT2D eigenvalue weighted by Gasteiger charge is -2.17. The van der Waals surface area contributed by atoms with Crippen molar-refractivity contribution in [3.8, 4) is 10.6 Å². The van der Waals surface area contributed by atoms with Gasteiger partial charge in [-0.2, -0.15) is 0 Å². The van der Waals surface area contributed by atoms with Crippen LogP contribution in [-0.4, -0.2) is 22.8 Å². The number of amides is 1. The molecule has 0 atom stereocenters. The maximum atomic E-state index is 12.4. The first-order valence-corrected chi connectivity index (χ1v) is 9.34. The first-order valence-electron chi connectivity index (χ1n) is 7.70. The van der Waals surface area contributed by atoms with Gasteiger partial charge in [-0.05, 0) is 23.8 Å². The molecule has 0 aliphatic heterocycles. The zero-order valence-electron chi connectivity index (χ0n) is 13.6. The van der Waals surface area contributed by atoms with Gasteiger partial charge < -0.3 is 4.90 Å². The van der Waals surface area contributed by atoms with E-state index in [4.69, 9.17) is 23.2 Å². The molecular weight excluding hydrogens is 375 g/mol. The molecule has 0 aliphatic rings. The Morgan fingerprint density at radius 1 is 1.12 bits per heavy atom. The molecule has 0 N–H and O–H groups in total. The van der Waals surface area contributed by atoms with Crippen molar-refractivity contribution in [1.82, 2.24) is 9.88 Å². The number of thiazole rings is 1. The van der Waals surface area contributed by atoms with E-state index in [9.17, 15) is 4.79 Å². The molecule has 25 heavy (non-hydrogen) atoms. The molecule has 6 heteroatoms. The van der Waals surface area contributed by atoms with Crippen LogP contribution in [0.2, 0.25) is 10.0 Å². The summed E-state index contributed by atoms with van der Waals surface area (Å²) in [5, 5.41) is 4.16. The van der Waals surface area contributed by atoms with Crippen LogP contribution in [0.15, 0.2) is 53.9 Å². The van der Waals surface area contributed by atoms with Gasteiger partial charge in [-0.3, -0.25) is 4.79 Å². The third-order valence-corrected chi connectivity index (χ3v) is 5.33. The van der Waals surface area contributed by atoms with Gasteiger partial charge in [0, 0.05) is 34.6 Å². The Labute approximate surface area is 160 Å². The van der Waals surface area contributed by atoms with Crippen LogP contribution in [0.25, 0.3) is 10.6 Å². The fraction of sp³-hybridized carbons (Fsp3) is 0.158. The maximum absolute atomic E-state index is 12.4. The Hall–Kier alpha value is -1.88. The molecule has 0 bridgehead atoms. The van der Waals surface area contributed by atoms with E-state index in [0.717, 1.165) is 21.8 Å². The van der Waals surface area contributed by atoms with Crippen molar-refractivity contribution in [2.75, 3.05) is 7.05 Å². The standard InChI is InChI=1S/C19H16Cl2N2OS/c1-23(11-14-4-2-3-5-17(14)21)18(24)10-16-12-25-19(22-16)13-6-8-15(20)9-7-13/h2-9,12H,10-11H2,1H3.